The third kappa shape index (κ3) is 4.47. The highest BCUT2D eigenvalue weighted by Crippen LogP contribution is 2.25. The lowest BCUT2D eigenvalue weighted by atomic mass is 10.0. The van der Waals surface area contributed by atoms with Crippen molar-refractivity contribution in [2.75, 3.05) is 13.7 Å². The maximum Gasteiger partial charge on any atom is 0.254 e. The molecule has 1 unspecified atom stereocenters. The number of imide groups is 1. The molecule has 29 heavy (non-hydrogen) atoms. The van der Waals surface area contributed by atoms with Gasteiger partial charge in [-0.05, 0) is 49.2 Å². The number of carbonyl (C=O) groups is 3. The zero-order chi connectivity index (χ0) is 21.0. The smallest absolute Gasteiger partial charge is 0.254 e. The number of carbonyl (C=O) groups excluding carboxylic acids is 3. The molecule has 3 amide bonds. The van der Waals surface area contributed by atoms with Gasteiger partial charge in [0, 0.05) is 24.9 Å². The highest BCUT2D eigenvalue weighted by atomic mass is 16.5. The second kappa shape index (κ2) is 8.90. The van der Waals surface area contributed by atoms with Crippen LogP contribution in [0.5, 0.6) is 5.75 Å². The molecule has 1 aliphatic heterocycles. The van der Waals surface area contributed by atoms with Crippen molar-refractivity contribution in [1.82, 2.24) is 9.80 Å². The van der Waals surface area contributed by atoms with Crippen LogP contribution in [0.3, 0.4) is 0 Å². The van der Waals surface area contributed by atoms with Crippen molar-refractivity contribution in [2.24, 2.45) is 0 Å². The minimum atomic E-state index is -0.139. The van der Waals surface area contributed by atoms with Gasteiger partial charge in [-0.1, -0.05) is 24.3 Å². The summed E-state index contributed by atoms with van der Waals surface area (Å²) >= 11 is 0. The van der Waals surface area contributed by atoms with Gasteiger partial charge in [0.15, 0.2) is 0 Å². The molecule has 1 fully saturated rings. The van der Waals surface area contributed by atoms with Crippen LogP contribution >= 0.6 is 0 Å². The first-order valence-corrected chi connectivity index (χ1v) is 9.81. The Morgan fingerprint density at radius 3 is 2.34 bits per heavy atom. The van der Waals surface area contributed by atoms with E-state index in [1.54, 1.807) is 36.3 Å². The van der Waals surface area contributed by atoms with E-state index in [-0.39, 0.29) is 43.1 Å². The normalized spacial score (nSPS) is 14.8. The molecule has 1 aliphatic rings. The van der Waals surface area contributed by atoms with Crippen molar-refractivity contribution in [1.29, 1.82) is 0 Å². The fourth-order valence-corrected chi connectivity index (χ4v) is 3.58. The molecule has 6 nitrogen and oxygen atoms in total. The van der Waals surface area contributed by atoms with Gasteiger partial charge in [0.2, 0.25) is 11.8 Å². The maximum atomic E-state index is 13.1. The van der Waals surface area contributed by atoms with Crippen molar-refractivity contribution in [3.05, 3.63) is 65.2 Å². The molecular formula is C23H26N2O4. The molecule has 0 saturated carbocycles. The Kier molecular flexibility index (Phi) is 6.32. The summed E-state index contributed by atoms with van der Waals surface area (Å²) in [6, 6.07) is 14.7. The van der Waals surface area contributed by atoms with Crippen LogP contribution in [-0.2, 0) is 16.1 Å². The standard InChI is InChI=1S/C23H26N2O4/c1-4-24(16(2)19-6-5-7-20(14-19)29-3)23(28)18-10-8-17(9-11-18)15-25-21(26)12-13-22(25)27/h5-11,14,16H,4,12-13,15H2,1-3H3. The van der Waals surface area contributed by atoms with Crippen LogP contribution < -0.4 is 4.74 Å². The minimum absolute atomic E-state index is 0.0669. The lowest BCUT2D eigenvalue weighted by molar-refractivity contribution is -0.139. The number of rotatable bonds is 7. The molecule has 0 spiro atoms. The molecule has 1 heterocycles. The Balaban J connectivity index is 1.73. The van der Waals surface area contributed by atoms with Gasteiger partial charge in [0.05, 0.1) is 19.7 Å². The monoisotopic (exact) mass is 394 g/mol. The van der Waals surface area contributed by atoms with Crippen LogP contribution in [0, 0.1) is 0 Å². The molecular weight excluding hydrogens is 368 g/mol. The SMILES string of the molecule is CCN(C(=O)c1ccc(CN2C(=O)CCC2=O)cc1)C(C)c1cccc(OC)c1. The molecule has 152 valence electrons. The second-order valence-electron chi connectivity index (χ2n) is 7.11. The van der Waals surface area contributed by atoms with E-state index in [1.165, 1.54) is 4.90 Å². The number of nitrogens with zero attached hydrogens (tertiary/aromatic N) is 2. The third-order valence-corrected chi connectivity index (χ3v) is 5.34. The first-order chi connectivity index (χ1) is 13.9. The van der Waals surface area contributed by atoms with E-state index < -0.39 is 0 Å². The summed E-state index contributed by atoms with van der Waals surface area (Å²) in [6.07, 6.45) is 0.562. The summed E-state index contributed by atoms with van der Waals surface area (Å²) in [5.41, 5.74) is 2.40. The van der Waals surface area contributed by atoms with Crippen molar-refractivity contribution in [3.63, 3.8) is 0 Å². The molecule has 1 atom stereocenters. The van der Waals surface area contributed by atoms with Crippen molar-refractivity contribution in [3.8, 4) is 5.75 Å². The maximum absolute atomic E-state index is 13.1. The summed E-state index contributed by atoms with van der Waals surface area (Å²) in [5, 5.41) is 0. The number of benzene rings is 2. The number of amides is 3. The van der Waals surface area contributed by atoms with Gasteiger partial charge in [-0.2, -0.15) is 0 Å². The molecule has 1 saturated heterocycles. The number of hydrogen-bond donors (Lipinski definition) is 0. The molecule has 2 aromatic carbocycles. The van der Waals surface area contributed by atoms with Crippen LogP contribution in [0.1, 0.15) is 54.2 Å². The van der Waals surface area contributed by atoms with Gasteiger partial charge in [-0.25, -0.2) is 0 Å². The van der Waals surface area contributed by atoms with E-state index in [4.69, 9.17) is 4.74 Å². The topological polar surface area (TPSA) is 66.9 Å². The van der Waals surface area contributed by atoms with E-state index in [0.29, 0.717) is 12.1 Å². The van der Waals surface area contributed by atoms with Crippen LogP contribution in [0.15, 0.2) is 48.5 Å². The van der Waals surface area contributed by atoms with Gasteiger partial charge in [-0.3, -0.25) is 19.3 Å². The fourth-order valence-electron chi connectivity index (χ4n) is 3.58. The van der Waals surface area contributed by atoms with Gasteiger partial charge < -0.3 is 9.64 Å². The van der Waals surface area contributed by atoms with E-state index in [9.17, 15) is 14.4 Å². The van der Waals surface area contributed by atoms with Gasteiger partial charge in [-0.15, -0.1) is 0 Å². The van der Waals surface area contributed by atoms with Gasteiger partial charge in [0.1, 0.15) is 5.75 Å². The summed E-state index contributed by atoms with van der Waals surface area (Å²) in [4.78, 5) is 39.7. The predicted molar refractivity (Wildman–Crippen MR) is 109 cm³/mol. The van der Waals surface area contributed by atoms with E-state index in [0.717, 1.165) is 16.9 Å². The molecule has 0 radical (unpaired) electrons. The molecule has 0 aliphatic carbocycles. The molecule has 6 heteroatoms. The summed E-state index contributed by atoms with van der Waals surface area (Å²) < 4.78 is 5.29. The number of likely N-dealkylation sites (tertiary alicyclic amines) is 1. The highest BCUT2D eigenvalue weighted by Gasteiger charge is 2.28. The lowest BCUT2D eigenvalue weighted by Crippen LogP contribution is -2.33. The van der Waals surface area contributed by atoms with Gasteiger partial charge in [0.25, 0.3) is 5.91 Å². The van der Waals surface area contributed by atoms with Crippen molar-refractivity contribution >= 4 is 17.7 Å². The quantitative estimate of drug-likeness (QED) is 0.674. The van der Waals surface area contributed by atoms with Crippen molar-refractivity contribution in [2.45, 2.75) is 39.3 Å². The molecule has 0 aromatic heterocycles. The average molecular weight is 394 g/mol. The Bertz CT molecular complexity index is 891. The fraction of sp³-hybridized carbons (Fsp3) is 0.348. The van der Waals surface area contributed by atoms with Crippen LogP contribution in [-0.4, -0.2) is 41.2 Å². The zero-order valence-electron chi connectivity index (χ0n) is 17.1. The average Bonchev–Trinajstić information content (AvgIpc) is 3.06. The summed E-state index contributed by atoms with van der Waals surface area (Å²) in [6.45, 7) is 4.77. The van der Waals surface area contributed by atoms with Crippen LogP contribution in [0.2, 0.25) is 0 Å². The first kappa shape index (κ1) is 20.6. The Morgan fingerprint density at radius 1 is 1.10 bits per heavy atom. The van der Waals surface area contributed by atoms with Crippen molar-refractivity contribution < 1.29 is 19.1 Å². The van der Waals surface area contributed by atoms with E-state index in [1.807, 2.05) is 38.1 Å². The van der Waals surface area contributed by atoms with E-state index >= 15 is 0 Å². The Morgan fingerprint density at radius 2 is 1.76 bits per heavy atom. The minimum Gasteiger partial charge on any atom is -0.497 e. The Labute approximate surface area is 171 Å². The zero-order valence-corrected chi connectivity index (χ0v) is 17.1. The second-order valence-corrected chi connectivity index (χ2v) is 7.11. The molecule has 2 aromatic rings. The summed E-state index contributed by atoms with van der Waals surface area (Å²) in [5.74, 6) is 0.412. The van der Waals surface area contributed by atoms with E-state index in [2.05, 4.69) is 0 Å². The predicted octanol–water partition coefficient (Wildman–Crippen LogP) is 3.57. The molecule has 0 bridgehead atoms. The highest BCUT2D eigenvalue weighted by molar-refractivity contribution is 6.01. The lowest BCUT2D eigenvalue weighted by Gasteiger charge is -2.29. The molecule has 3 rings (SSSR count). The number of ether oxygens (including phenoxy) is 1. The number of methoxy groups -OCH3 is 1. The summed E-state index contributed by atoms with van der Waals surface area (Å²) in [7, 11) is 1.62. The van der Waals surface area contributed by atoms with Crippen LogP contribution in [0.25, 0.3) is 0 Å². The molecule has 0 N–H and O–H groups in total. The third-order valence-electron chi connectivity index (χ3n) is 5.34. The largest absolute Gasteiger partial charge is 0.497 e. The van der Waals surface area contributed by atoms with Crippen LogP contribution in [0.4, 0.5) is 0 Å². The number of hydrogen-bond acceptors (Lipinski definition) is 4. The van der Waals surface area contributed by atoms with Gasteiger partial charge >= 0.3 is 0 Å². The first-order valence-electron chi connectivity index (χ1n) is 9.81. The Hall–Kier alpha value is -3.15.